The van der Waals surface area contributed by atoms with E-state index in [1.54, 1.807) is 37.4 Å². The van der Waals surface area contributed by atoms with Gasteiger partial charge in [-0.3, -0.25) is 0 Å². The van der Waals surface area contributed by atoms with Gasteiger partial charge in [0.25, 0.3) is 0 Å². The quantitative estimate of drug-likeness (QED) is 0.906. The lowest BCUT2D eigenvalue weighted by Gasteiger charge is -2.11. The number of hydrogen-bond acceptors (Lipinski definition) is 3. The lowest BCUT2D eigenvalue weighted by molar-refractivity contribution is 0.417. The van der Waals surface area contributed by atoms with E-state index in [0.29, 0.717) is 16.3 Å². The minimum Gasteiger partial charge on any atom is -0.495 e. The lowest BCUT2D eigenvalue weighted by Crippen LogP contribution is -1.94. The van der Waals surface area contributed by atoms with E-state index in [1.165, 1.54) is 0 Å². The van der Waals surface area contributed by atoms with Crippen molar-refractivity contribution in [3.63, 3.8) is 0 Å². The van der Waals surface area contributed by atoms with Crippen LogP contribution in [-0.4, -0.2) is 7.11 Å². The lowest BCUT2D eigenvalue weighted by atomic mass is 10.2. The molecule has 0 saturated carbocycles. The number of rotatable bonds is 3. The third-order valence-corrected chi connectivity index (χ3v) is 2.69. The summed E-state index contributed by atoms with van der Waals surface area (Å²) in [7, 11) is 1.60. The van der Waals surface area contributed by atoms with Gasteiger partial charge < -0.3 is 10.1 Å². The minimum atomic E-state index is 0.624. The summed E-state index contributed by atoms with van der Waals surface area (Å²) in [4.78, 5) is 0. The van der Waals surface area contributed by atoms with Crippen LogP contribution in [0.5, 0.6) is 5.75 Å². The van der Waals surface area contributed by atoms with Crippen LogP contribution in [0.3, 0.4) is 0 Å². The van der Waals surface area contributed by atoms with Gasteiger partial charge in [0.2, 0.25) is 0 Å². The van der Waals surface area contributed by atoms with Gasteiger partial charge in [-0.15, -0.1) is 0 Å². The zero-order valence-electron chi connectivity index (χ0n) is 9.77. The van der Waals surface area contributed by atoms with E-state index in [-0.39, 0.29) is 0 Å². The summed E-state index contributed by atoms with van der Waals surface area (Å²) in [6, 6.07) is 14.6. The highest BCUT2D eigenvalue weighted by atomic mass is 35.5. The number of halogens is 1. The van der Waals surface area contributed by atoms with E-state index in [2.05, 4.69) is 11.4 Å². The fourth-order valence-electron chi connectivity index (χ4n) is 1.56. The number of anilines is 2. The molecule has 0 atom stereocenters. The van der Waals surface area contributed by atoms with Gasteiger partial charge >= 0.3 is 0 Å². The van der Waals surface area contributed by atoms with Crippen molar-refractivity contribution in [2.75, 3.05) is 12.4 Å². The molecular weight excluding hydrogens is 248 g/mol. The highest BCUT2D eigenvalue weighted by molar-refractivity contribution is 6.31. The first kappa shape index (κ1) is 12.3. The second-order valence-electron chi connectivity index (χ2n) is 3.66. The normalized spacial score (nSPS) is 9.61. The fraction of sp³-hybridized carbons (Fsp3) is 0.0714. The van der Waals surface area contributed by atoms with Crippen molar-refractivity contribution in [1.29, 1.82) is 5.26 Å². The molecule has 0 saturated heterocycles. The number of nitrogens with zero attached hydrogens (tertiary/aromatic N) is 1. The van der Waals surface area contributed by atoms with E-state index in [4.69, 9.17) is 21.6 Å². The molecule has 0 fully saturated rings. The first-order valence-electron chi connectivity index (χ1n) is 5.33. The van der Waals surface area contributed by atoms with Gasteiger partial charge in [0.15, 0.2) is 0 Å². The first-order chi connectivity index (χ1) is 8.72. The Morgan fingerprint density at radius 3 is 2.50 bits per heavy atom. The maximum atomic E-state index is 8.73. The van der Waals surface area contributed by atoms with Crippen molar-refractivity contribution in [2.45, 2.75) is 0 Å². The fourth-order valence-corrected chi connectivity index (χ4v) is 1.73. The monoisotopic (exact) mass is 258 g/mol. The molecule has 4 heteroatoms. The van der Waals surface area contributed by atoms with Crippen LogP contribution in [0.25, 0.3) is 0 Å². The second-order valence-corrected chi connectivity index (χ2v) is 4.10. The van der Waals surface area contributed by atoms with E-state index in [9.17, 15) is 0 Å². The van der Waals surface area contributed by atoms with Crippen molar-refractivity contribution < 1.29 is 4.74 Å². The van der Waals surface area contributed by atoms with Crippen LogP contribution in [-0.2, 0) is 0 Å². The van der Waals surface area contributed by atoms with Gasteiger partial charge in [-0.25, -0.2) is 0 Å². The molecule has 2 aromatic carbocycles. The Kier molecular flexibility index (Phi) is 3.71. The summed E-state index contributed by atoms with van der Waals surface area (Å²) in [5.41, 5.74) is 2.28. The van der Waals surface area contributed by atoms with Crippen LogP contribution < -0.4 is 10.1 Å². The van der Waals surface area contributed by atoms with Gasteiger partial charge in [-0.1, -0.05) is 11.6 Å². The molecule has 0 aromatic heterocycles. The summed E-state index contributed by atoms with van der Waals surface area (Å²) >= 11 is 5.95. The predicted octanol–water partition coefficient (Wildman–Crippen LogP) is 3.96. The Balaban J connectivity index is 2.27. The van der Waals surface area contributed by atoms with Crippen LogP contribution in [0.15, 0.2) is 42.5 Å². The van der Waals surface area contributed by atoms with E-state index in [1.807, 2.05) is 12.1 Å². The minimum absolute atomic E-state index is 0.624. The standard InChI is InChI=1S/C14H11ClN2O/c1-18-14-7-4-11(15)8-13(14)17-12-5-2-10(9-16)3-6-12/h2-8,17H,1H3. The molecule has 0 amide bonds. The Labute approximate surface area is 111 Å². The maximum Gasteiger partial charge on any atom is 0.142 e. The van der Waals surface area contributed by atoms with E-state index < -0.39 is 0 Å². The summed E-state index contributed by atoms with van der Waals surface area (Å²) < 4.78 is 5.24. The second kappa shape index (κ2) is 5.44. The number of nitriles is 1. The van der Waals surface area contributed by atoms with Crippen molar-refractivity contribution in [3.8, 4) is 11.8 Å². The number of hydrogen-bond donors (Lipinski definition) is 1. The molecule has 2 rings (SSSR count). The first-order valence-corrected chi connectivity index (χ1v) is 5.71. The Hall–Kier alpha value is -2.18. The zero-order valence-corrected chi connectivity index (χ0v) is 10.5. The summed E-state index contributed by atoms with van der Waals surface area (Å²) in [5, 5.41) is 12.6. The third kappa shape index (κ3) is 2.73. The molecule has 1 N–H and O–H groups in total. The molecule has 90 valence electrons. The summed E-state index contributed by atoms with van der Waals surface area (Å²) in [6.07, 6.45) is 0. The molecule has 0 bridgehead atoms. The topological polar surface area (TPSA) is 45.0 Å². The van der Waals surface area contributed by atoms with Crippen LogP contribution in [0.4, 0.5) is 11.4 Å². The molecule has 2 aromatic rings. The number of nitrogens with one attached hydrogen (secondary N) is 1. The zero-order chi connectivity index (χ0) is 13.0. The molecule has 0 heterocycles. The molecule has 0 spiro atoms. The highest BCUT2D eigenvalue weighted by Crippen LogP contribution is 2.30. The molecule has 0 aliphatic heterocycles. The Morgan fingerprint density at radius 1 is 1.17 bits per heavy atom. The van der Waals surface area contributed by atoms with Crippen molar-refractivity contribution in [3.05, 3.63) is 53.1 Å². The highest BCUT2D eigenvalue weighted by Gasteiger charge is 2.04. The van der Waals surface area contributed by atoms with Crippen LogP contribution in [0.1, 0.15) is 5.56 Å². The average molecular weight is 259 g/mol. The smallest absolute Gasteiger partial charge is 0.142 e. The average Bonchev–Trinajstić information content (AvgIpc) is 2.40. The Morgan fingerprint density at radius 2 is 1.89 bits per heavy atom. The molecule has 0 radical (unpaired) electrons. The molecule has 0 aliphatic rings. The van der Waals surface area contributed by atoms with Crippen molar-refractivity contribution >= 4 is 23.0 Å². The van der Waals surface area contributed by atoms with Crippen LogP contribution >= 0.6 is 11.6 Å². The number of benzene rings is 2. The molecule has 0 unspecified atom stereocenters. The largest absolute Gasteiger partial charge is 0.495 e. The van der Waals surface area contributed by atoms with Crippen molar-refractivity contribution in [1.82, 2.24) is 0 Å². The van der Waals surface area contributed by atoms with Gasteiger partial charge in [0, 0.05) is 10.7 Å². The van der Waals surface area contributed by atoms with E-state index in [0.717, 1.165) is 11.4 Å². The maximum absolute atomic E-state index is 8.73. The number of methoxy groups -OCH3 is 1. The SMILES string of the molecule is COc1ccc(Cl)cc1Nc1ccc(C#N)cc1. The molecular formula is C14H11ClN2O. The number of ether oxygens (including phenoxy) is 1. The van der Waals surface area contributed by atoms with Crippen molar-refractivity contribution in [2.24, 2.45) is 0 Å². The van der Waals surface area contributed by atoms with Gasteiger partial charge in [0.05, 0.1) is 24.4 Å². The molecule has 18 heavy (non-hydrogen) atoms. The predicted molar refractivity (Wildman–Crippen MR) is 72.4 cm³/mol. The summed E-state index contributed by atoms with van der Waals surface area (Å²) in [5.74, 6) is 0.712. The van der Waals surface area contributed by atoms with Gasteiger partial charge in [0.1, 0.15) is 5.75 Å². The summed E-state index contributed by atoms with van der Waals surface area (Å²) in [6.45, 7) is 0. The third-order valence-electron chi connectivity index (χ3n) is 2.45. The van der Waals surface area contributed by atoms with E-state index >= 15 is 0 Å². The van der Waals surface area contributed by atoms with Gasteiger partial charge in [-0.05, 0) is 42.5 Å². The molecule has 3 nitrogen and oxygen atoms in total. The van der Waals surface area contributed by atoms with Gasteiger partial charge in [-0.2, -0.15) is 5.26 Å². The molecule has 0 aliphatic carbocycles. The van der Waals surface area contributed by atoms with Crippen LogP contribution in [0.2, 0.25) is 5.02 Å². The Bertz CT molecular complexity index is 588. The van der Waals surface area contributed by atoms with Crippen LogP contribution in [0, 0.1) is 11.3 Å².